The number of aromatic nitrogens is 1. The molecule has 1 heterocycles. The maximum Gasteiger partial charge on any atom is 0.322 e. The van der Waals surface area contributed by atoms with Crippen LogP contribution in [0.5, 0.6) is 0 Å². The largest absolute Gasteiger partial charge is 0.480 e. The molecule has 2 aromatic rings. The standard InChI is InChI=1S/C12H15N3O2/c1-15(7-9(13)12(16)17)11-6-14-10-5-3-2-4-8(10)11/h2-6,9,14H,7,13H2,1H3,(H,16,17). The molecule has 0 bridgehead atoms. The van der Waals surface area contributed by atoms with Crippen LogP contribution in [0.15, 0.2) is 30.5 Å². The van der Waals surface area contributed by atoms with Crippen LogP contribution >= 0.6 is 0 Å². The summed E-state index contributed by atoms with van der Waals surface area (Å²) in [6.07, 6.45) is 1.86. The van der Waals surface area contributed by atoms with Gasteiger partial charge in [-0.25, -0.2) is 0 Å². The van der Waals surface area contributed by atoms with Crippen molar-refractivity contribution < 1.29 is 9.90 Å². The molecule has 5 heteroatoms. The van der Waals surface area contributed by atoms with Crippen LogP contribution < -0.4 is 10.6 Å². The number of H-pyrrole nitrogens is 1. The predicted octanol–water partition coefficient (Wildman–Crippen LogP) is 1.02. The lowest BCUT2D eigenvalue weighted by molar-refractivity contribution is -0.138. The van der Waals surface area contributed by atoms with Crippen molar-refractivity contribution in [2.75, 3.05) is 18.5 Å². The fourth-order valence-corrected chi connectivity index (χ4v) is 1.84. The number of carboxylic acid groups (broad SMARTS) is 1. The quantitative estimate of drug-likeness (QED) is 0.736. The van der Waals surface area contributed by atoms with Crippen LogP contribution in [0.25, 0.3) is 10.9 Å². The number of nitrogens with two attached hydrogens (primary N) is 1. The number of rotatable bonds is 4. The van der Waals surface area contributed by atoms with E-state index < -0.39 is 12.0 Å². The van der Waals surface area contributed by atoms with E-state index in [1.165, 1.54) is 0 Å². The third-order valence-electron chi connectivity index (χ3n) is 2.77. The van der Waals surface area contributed by atoms with Gasteiger partial charge in [-0.1, -0.05) is 18.2 Å². The zero-order valence-electron chi connectivity index (χ0n) is 9.55. The van der Waals surface area contributed by atoms with Crippen LogP contribution in [0.1, 0.15) is 0 Å². The van der Waals surface area contributed by atoms with Crippen molar-refractivity contribution in [1.29, 1.82) is 0 Å². The summed E-state index contributed by atoms with van der Waals surface area (Å²) in [5, 5.41) is 9.84. The molecule has 1 atom stereocenters. The molecule has 0 saturated heterocycles. The number of nitrogens with one attached hydrogen (secondary N) is 1. The third kappa shape index (κ3) is 2.24. The maximum atomic E-state index is 10.7. The zero-order valence-corrected chi connectivity index (χ0v) is 9.55. The van der Waals surface area contributed by atoms with E-state index in [2.05, 4.69) is 4.98 Å². The molecule has 17 heavy (non-hydrogen) atoms. The summed E-state index contributed by atoms with van der Waals surface area (Å²) < 4.78 is 0. The van der Waals surface area contributed by atoms with Gasteiger partial charge in [-0.3, -0.25) is 4.79 Å². The number of hydrogen-bond acceptors (Lipinski definition) is 3. The molecule has 1 aromatic carbocycles. The van der Waals surface area contributed by atoms with Crippen molar-refractivity contribution in [3.63, 3.8) is 0 Å². The number of carboxylic acids is 1. The molecule has 0 fully saturated rings. The van der Waals surface area contributed by atoms with Crippen molar-refractivity contribution in [2.45, 2.75) is 6.04 Å². The molecule has 1 aromatic heterocycles. The van der Waals surface area contributed by atoms with Gasteiger partial charge in [0.15, 0.2) is 0 Å². The summed E-state index contributed by atoms with van der Waals surface area (Å²) >= 11 is 0. The molecule has 90 valence electrons. The van der Waals surface area contributed by atoms with Crippen molar-refractivity contribution >= 4 is 22.6 Å². The van der Waals surface area contributed by atoms with Gasteiger partial charge in [0.2, 0.25) is 0 Å². The van der Waals surface area contributed by atoms with E-state index in [4.69, 9.17) is 10.8 Å². The van der Waals surface area contributed by atoms with Gasteiger partial charge in [-0.05, 0) is 6.07 Å². The Balaban J connectivity index is 2.25. The van der Waals surface area contributed by atoms with Crippen LogP contribution in [0.3, 0.4) is 0 Å². The minimum Gasteiger partial charge on any atom is -0.480 e. The van der Waals surface area contributed by atoms with Gasteiger partial charge >= 0.3 is 5.97 Å². The average Bonchev–Trinajstić information content (AvgIpc) is 2.72. The minimum absolute atomic E-state index is 0.275. The third-order valence-corrected chi connectivity index (χ3v) is 2.77. The predicted molar refractivity (Wildman–Crippen MR) is 67.2 cm³/mol. The van der Waals surface area contributed by atoms with E-state index in [9.17, 15) is 4.79 Å². The Hall–Kier alpha value is -2.01. The normalized spacial score (nSPS) is 12.6. The Bertz CT molecular complexity index is 535. The first kappa shape index (κ1) is 11.5. The smallest absolute Gasteiger partial charge is 0.322 e. The first-order valence-electron chi connectivity index (χ1n) is 5.35. The molecular formula is C12H15N3O2. The Kier molecular flexibility index (Phi) is 3.01. The highest BCUT2D eigenvalue weighted by molar-refractivity contribution is 5.92. The molecule has 0 amide bonds. The second kappa shape index (κ2) is 4.47. The molecule has 0 spiro atoms. The van der Waals surface area contributed by atoms with Crippen molar-refractivity contribution in [1.82, 2.24) is 4.98 Å². The van der Waals surface area contributed by atoms with E-state index in [0.717, 1.165) is 16.6 Å². The first-order valence-corrected chi connectivity index (χ1v) is 5.35. The van der Waals surface area contributed by atoms with Gasteiger partial charge in [0, 0.05) is 30.7 Å². The number of likely N-dealkylation sites (N-methyl/N-ethyl adjacent to an activating group) is 1. The highest BCUT2D eigenvalue weighted by Crippen LogP contribution is 2.25. The Labute approximate surface area is 98.8 Å². The highest BCUT2D eigenvalue weighted by Gasteiger charge is 2.16. The molecular weight excluding hydrogens is 218 g/mol. The molecule has 0 aliphatic rings. The van der Waals surface area contributed by atoms with E-state index in [0.29, 0.717) is 0 Å². The molecule has 2 rings (SSSR count). The summed E-state index contributed by atoms with van der Waals surface area (Å²) in [6, 6.07) is 6.98. The number of benzene rings is 1. The Morgan fingerprint density at radius 2 is 2.24 bits per heavy atom. The molecule has 0 saturated carbocycles. The van der Waals surface area contributed by atoms with Gasteiger partial charge in [0.1, 0.15) is 6.04 Å². The number of aliphatic carboxylic acids is 1. The van der Waals surface area contributed by atoms with Gasteiger partial charge in [-0.2, -0.15) is 0 Å². The van der Waals surface area contributed by atoms with Gasteiger partial charge in [0.25, 0.3) is 0 Å². The topological polar surface area (TPSA) is 82.3 Å². The molecule has 0 aliphatic carbocycles. The molecule has 1 unspecified atom stereocenters. The fourth-order valence-electron chi connectivity index (χ4n) is 1.84. The van der Waals surface area contributed by atoms with Gasteiger partial charge in [0.05, 0.1) is 5.69 Å². The van der Waals surface area contributed by atoms with E-state index in [1.54, 1.807) is 0 Å². The molecule has 0 aliphatic heterocycles. The SMILES string of the molecule is CN(CC(N)C(=O)O)c1c[nH]c2ccccc12. The lowest BCUT2D eigenvalue weighted by atomic mass is 10.2. The number of anilines is 1. The van der Waals surface area contributed by atoms with Crippen molar-refractivity contribution in [3.8, 4) is 0 Å². The first-order chi connectivity index (χ1) is 8.09. The van der Waals surface area contributed by atoms with Crippen LogP contribution in [0.2, 0.25) is 0 Å². The van der Waals surface area contributed by atoms with Crippen LogP contribution in [-0.4, -0.2) is 35.7 Å². The number of aromatic amines is 1. The second-order valence-corrected chi connectivity index (χ2v) is 4.04. The summed E-state index contributed by atoms with van der Waals surface area (Å²) in [4.78, 5) is 15.7. The number of nitrogens with zero attached hydrogens (tertiary/aromatic N) is 1. The maximum absolute atomic E-state index is 10.7. The molecule has 5 nitrogen and oxygen atoms in total. The summed E-state index contributed by atoms with van der Waals surface area (Å²) in [6.45, 7) is 0.275. The fraction of sp³-hybridized carbons (Fsp3) is 0.250. The lowest BCUT2D eigenvalue weighted by Crippen LogP contribution is -2.41. The van der Waals surface area contributed by atoms with Crippen molar-refractivity contribution in [3.05, 3.63) is 30.5 Å². The average molecular weight is 233 g/mol. The van der Waals surface area contributed by atoms with Crippen molar-refractivity contribution in [2.24, 2.45) is 5.73 Å². The highest BCUT2D eigenvalue weighted by atomic mass is 16.4. The monoisotopic (exact) mass is 233 g/mol. The van der Waals surface area contributed by atoms with E-state index in [1.807, 2.05) is 42.4 Å². The van der Waals surface area contributed by atoms with E-state index >= 15 is 0 Å². The Morgan fingerprint density at radius 1 is 1.53 bits per heavy atom. The number of carbonyl (C=O) groups is 1. The van der Waals surface area contributed by atoms with Gasteiger partial charge < -0.3 is 20.7 Å². The molecule has 0 radical (unpaired) electrons. The number of fused-ring (bicyclic) bond motifs is 1. The zero-order chi connectivity index (χ0) is 12.4. The number of para-hydroxylation sites is 1. The number of hydrogen-bond donors (Lipinski definition) is 3. The molecule has 4 N–H and O–H groups in total. The van der Waals surface area contributed by atoms with Gasteiger partial charge in [-0.15, -0.1) is 0 Å². The summed E-state index contributed by atoms with van der Waals surface area (Å²) in [7, 11) is 1.83. The second-order valence-electron chi connectivity index (χ2n) is 4.04. The van der Waals surface area contributed by atoms with Crippen LogP contribution in [0, 0.1) is 0 Å². The summed E-state index contributed by atoms with van der Waals surface area (Å²) in [5.74, 6) is -0.989. The van der Waals surface area contributed by atoms with Crippen LogP contribution in [-0.2, 0) is 4.79 Å². The van der Waals surface area contributed by atoms with Crippen LogP contribution in [0.4, 0.5) is 5.69 Å². The minimum atomic E-state index is -0.989. The van der Waals surface area contributed by atoms with E-state index in [-0.39, 0.29) is 6.54 Å². The Morgan fingerprint density at radius 3 is 2.94 bits per heavy atom. The summed E-state index contributed by atoms with van der Waals surface area (Å²) in [5.41, 5.74) is 7.50. The lowest BCUT2D eigenvalue weighted by Gasteiger charge is -2.20.